The summed E-state index contributed by atoms with van der Waals surface area (Å²) in [6.45, 7) is 0. The van der Waals surface area contributed by atoms with Crippen LogP contribution in [0.1, 0.15) is 11.1 Å². The van der Waals surface area contributed by atoms with Crippen LogP contribution in [0.15, 0.2) is 60.8 Å². The van der Waals surface area contributed by atoms with E-state index >= 15 is 0 Å². The molecule has 0 bridgehead atoms. The van der Waals surface area contributed by atoms with Crippen LogP contribution in [0, 0.1) is 11.3 Å². The molecule has 0 aliphatic rings. The molecule has 0 spiro atoms. The maximum atomic E-state index is 12.5. The van der Waals surface area contributed by atoms with Crippen molar-refractivity contribution >= 4 is 20.9 Å². The Morgan fingerprint density at radius 2 is 1.81 bits per heavy atom. The Balaban J connectivity index is 2.06. The first-order chi connectivity index (χ1) is 10.1. The fourth-order valence-electron chi connectivity index (χ4n) is 2.28. The molecular weight excluding hydrogens is 284 g/mol. The van der Waals surface area contributed by atoms with Gasteiger partial charge in [0.05, 0.1) is 22.9 Å². The quantitative estimate of drug-likeness (QED) is 0.746. The van der Waals surface area contributed by atoms with E-state index in [2.05, 4.69) is 0 Å². The lowest BCUT2D eigenvalue weighted by Gasteiger charge is -2.07. The van der Waals surface area contributed by atoms with E-state index in [4.69, 9.17) is 5.26 Å². The van der Waals surface area contributed by atoms with E-state index in [1.165, 1.54) is 10.2 Å². The van der Waals surface area contributed by atoms with Gasteiger partial charge >= 0.3 is 0 Å². The number of nitrogens with zero attached hydrogens (tertiary/aromatic N) is 2. The second kappa shape index (κ2) is 5.08. The van der Waals surface area contributed by atoms with Crippen LogP contribution >= 0.6 is 0 Å². The van der Waals surface area contributed by atoms with Gasteiger partial charge in [-0.15, -0.1) is 0 Å². The highest BCUT2D eigenvalue weighted by Crippen LogP contribution is 2.21. The van der Waals surface area contributed by atoms with Crippen LogP contribution in [-0.2, 0) is 15.8 Å². The van der Waals surface area contributed by atoms with Crippen molar-refractivity contribution in [3.05, 3.63) is 71.9 Å². The average molecular weight is 296 g/mol. The normalized spacial score (nSPS) is 11.4. The van der Waals surface area contributed by atoms with E-state index in [0.717, 1.165) is 10.9 Å². The molecule has 0 aliphatic heterocycles. The minimum Gasteiger partial charge on any atom is -0.245 e. The predicted octanol–water partition coefficient (Wildman–Crippen LogP) is 2.89. The molecule has 0 N–H and O–H groups in total. The fraction of sp³-hybridized carbons (Fsp3) is 0.0625. The van der Waals surface area contributed by atoms with Crippen molar-refractivity contribution in [1.29, 1.82) is 5.26 Å². The van der Waals surface area contributed by atoms with E-state index in [1.807, 2.05) is 24.3 Å². The van der Waals surface area contributed by atoms with Gasteiger partial charge in [0, 0.05) is 11.6 Å². The molecule has 0 amide bonds. The van der Waals surface area contributed by atoms with Gasteiger partial charge in [-0.3, -0.25) is 0 Å². The summed E-state index contributed by atoms with van der Waals surface area (Å²) in [5.74, 6) is -0.0579. The second-order valence-corrected chi connectivity index (χ2v) is 6.58. The minimum atomic E-state index is -3.48. The molecule has 3 rings (SSSR count). The van der Waals surface area contributed by atoms with Gasteiger partial charge in [0.2, 0.25) is 10.0 Å². The van der Waals surface area contributed by atoms with Crippen molar-refractivity contribution < 1.29 is 8.42 Å². The number of hydrogen-bond acceptors (Lipinski definition) is 3. The van der Waals surface area contributed by atoms with Gasteiger partial charge in [-0.2, -0.15) is 5.26 Å². The van der Waals surface area contributed by atoms with Gasteiger partial charge in [-0.05, 0) is 29.8 Å². The monoisotopic (exact) mass is 296 g/mol. The summed E-state index contributed by atoms with van der Waals surface area (Å²) in [6, 6.07) is 17.8. The third-order valence-corrected chi connectivity index (χ3v) is 4.89. The molecule has 0 saturated carbocycles. The number of aromatic nitrogens is 1. The Kier molecular flexibility index (Phi) is 3.24. The second-order valence-electron chi connectivity index (χ2n) is 4.74. The maximum Gasteiger partial charge on any atom is 0.243 e. The number of benzene rings is 2. The Morgan fingerprint density at radius 1 is 1.05 bits per heavy atom. The lowest BCUT2D eigenvalue weighted by Crippen LogP contribution is -2.13. The van der Waals surface area contributed by atoms with E-state index in [-0.39, 0.29) is 5.75 Å². The molecule has 4 nitrogen and oxygen atoms in total. The van der Waals surface area contributed by atoms with Crippen LogP contribution in [0.5, 0.6) is 0 Å². The highest BCUT2D eigenvalue weighted by Gasteiger charge is 2.16. The third kappa shape index (κ3) is 2.54. The van der Waals surface area contributed by atoms with Crippen LogP contribution in [0.25, 0.3) is 10.9 Å². The molecule has 0 aliphatic carbocycles. The molecule has 0 radical (unpaired) electrons. The van der Waals surface area contributed by atoms with E-state index < -0.39 is 10.0 Å². The summed E-state index contributed by atoms with van der Waals surface area (Å²) in [5.41, 5.74) is 1.85. The highest BCUT2D eigenvalue weighted by molar-refractivity contribution is 7.89. The summed E-state index contributed by atoms with van der Waals surface area (Å²) >= 11 is 0. The van der Waals surface area contributed by atoms with Crippen molar-refractivity contribution in [1.82, 2.24) is 3.97 Å². The zero-order valence-electron chi connectivity index (χ0n) is 11.1. The summed E-state index contributed by atoms with van der Waals surface area (Å²) in [7, 11) is -3.48. The van der Waals surface area contributed by atoms with Crippen molar-refractivity contribution in [2.24, 2.45) is 0 Å². The Labute approximate surface area is 122 Å². The standard InChI is InChI=1S/C16H12N2O2S/c17-11-14-6-7-16-15(10-14)8-9-18(16)21(19,20)12-13-4-2-1-3-5-13/h1-10H,12H2. The molecular formula is C16H12N2O2S. The van der Waals surface area contributed by atoms with Crippen LogP contribution in [0.3, 0.4) is 0 Å². The first-order valence-electron chi connectivity index (χ1n) is 6.38. The van der Waals surface area contributed by atoms with Crippen LogP contribution in [0.2, 0.25) is 0 Å². The predicted molar refractivity (Wildman–Crippen MR) is 81.1 cm³/mol. The smallest absolute Gasteiger partial charge is 0.243 e. The van der Waals surface area contributed by atoms with E-state index in [9.17, 15) is 8.42 Å². The molecule has 104 valence electrons. The fourth-order valence-corrected chi connectivity index (χ4v) is 3.75. The highest BCUT2D eigenvalue weighted by atomic mass is 32.2. The minimum absolute atomic E-state index is 0.0579. The van der Waals surface area contributed by atoms with Gasteiger partial charge in [-0.25, -0.2) is 12.4 Å². The number of rotatable bonds is 3. The molecule has 3 aromatic rings. The van der Waals surface area contributed by atoms with Crippen LogP contribution < -0.4 is 0 Å². The zero-order chi connectivity index (χ0) is 14.9. The molecule has 21 heavy (non-hydrogen) atoms. The van der Waals surface area contributed by atoms with Crippen LogP contribution in [-0.4, -0.2) is 12.4 Å². The molecule has 0 saturated heterocycles. The van der Waals surface area contributed by atoms with Gasteiger partial charge < -0.3 is 0 Å². The van der Waals surface area contributed by atoms with Gasteiger partial charge in [-0.1, -0.05) is 30.3 Å². The van der Waals surface area contributed by atoms with Crippen molar-refractivity contribution in [2.75, 3.05) is 0 Å². The molecule has 5 heteroatoms. The third-order valence-electron chi connectivity index (χ3n) is 3.28. The molecule has 0 unspecified atom stereocenters. The lowest BCUT2D eigenvalue weighted by molar-refractivity contribution is 0.588. The molecule has 2 aromatic carbocycles. The maximum absolute atomic E-state index is 12.5. The Hall–Kier alpha value is -2.58. The van der Waals surface area contributed by atoms with Gasteiger partial charge in [0.1, 0.15) is 0 Å². The van der Waals surface area contributed by atoms with Crippen molar-refractivity contribution in [3.8, 4) is 6.07 Å². The van der Waals surface area contributed by atoms with Crippen molar-refractivity contribution in [3.63, 3.8) is 0 Å². The topological polar surface area (TPSA) is 62.9 Å². The number of nitriles is 1. The average Bonchev–Trinajstić information content (AvgIpc) is 2.91. The Morgan fingerprint density at radius 3 is 2.52 bits per heavy atom. The molecule has 0 atom stereocenters. The van der Waals surface area contributed by atoms with E-state index in [1.54, 1.807) is 36.4 Å². The zero-order valence-corrected chi connectivity index (χ0v) is 11.9. The lowest BCUT2D eigenvalue weighted by atomic mass is 10.2. The SMILES string of the molecule is N#Cc1ccc2c(ccn2S(=O)(=O)Cc2ccccc2)c1. The van der Waals surface area contributed by atoms with Crippen LogP contribution in [0.4, 0.5) is 0 Å². The molecule has 0 fully saturated rings. The molecule has 1 heterocycles. The first kappa shape index (κ1) is 13.4. The van der Waals surface area contributed by atoms with Gasteiger partial charge in [0.15, 0.2) is 0 Å². The Bertz CT molecular complexity index is 935. The first-order valence-corrected chi connectivity index (χ1v) is 7.99. The molecule has 1 aromatic heterocycles. The summed E-state index contributed by atoms with van der Waals surface area (Å²) in [6.07, 6.45) is 1.53. The largest absolute Gasteiger partial charge is 0.245 e. The summed E-state index contributed by atoms with van der Waals surface area (Å²) in [4.78, 5) is 0. The number of hydrogen-bond donors (Lipinski definition) is 0. The number of fused-ring (bicyclic) bond motifs is 1. The van der Waals surface area contributed by atoms with Gasteiger partial charge in [0.25, 0.3) is 0 Å². The summed E-state index contributed by atoms with van der Waals surface area (Å²) in [5, 5.41) is 9.62. The summed E-state index contributed by atoms with van der Waals surface area (Å²) < 4.78 is 26.3. The van der Waals surface area contributed by atoms with Crippen molar-refractivity contribution in [2.45, 2.75) is 5.75 Å². The van der Waals surface area contributed by atoms with E-state index in [0.29, 0.717) is 11.1 Å².